The first kappa shape index (κ1) is 6.49. The summed E-state index contributed by atoms with van der Waals surface area (Å²) in [6, 6.07) is 3.86. The van der Waals surface area contributed by atoms with Gasteiger partial charge in [0, 0.05) is 23.4 Å². The molecule has 0 aliphatic rings. The fraction of sp³-hybridized carbons (Fsp3) is 0.286. The summed E-state index contributed by atoms with van der Waals surface area (Å²) in [4.78, 5) is 0. The molecule has 1 heterocycles. The highest BCUT2D eigenvalue weighted by atomic mass is 32.1. The first-order chi connectivity index (χ1) is 4.33. The zero-order chi connectivity index (χ0) is 6.69. The number of aromatic nitrogens is 1. The maximum atomic E-state index is 4.91. The van der Waals surface area contributed by atoms with Crippen molar-refractivity contribution in [2.24, 2.45) is 0 Å². The number of hydrogen-bond donors (Lipinski definition) is 0. The van der Waals surface area contributed by atoms with Crippen LogP contribution < -0.4 is 0 Å². The molecule has 0 aliphatic heterocycles. The third kappa shape index (κ3) is 1.64. The average molecular weight is 139 g/mol. The molecule has 0 amide bonds. The van der Waals surface area contributed by atoms with Gasteiger partial charge in [0.1, 0.15) is 0 Å². The molecule has 0 saturated heterocycles. The first-order valence-corrected chi connectivity index (χ1v) is 3.40. The van der Waals surface area contributed by atoms with E-state index in [1.54, 1.807) is 0 Å². The van der Waals surface area contributed by atoms with Crippen LogP contribution in [0.5, 0.6) is 0 Å². The van der Waals surface area contributed by atoms with Crippen molar-refractivity contribution in [1.82, 2.24) is 4.57 Å². The van der Waals surface area contributed by atoms with E-state index in [-0.39, 0.29) is 0 Å². The van der Waals surface area contributed by atoms with E-state index in [2.05, 4.69) is 11.5 Å². The summed E-state index contributed by atoms with van der Waals surface area (Å²) in [5, 5.41) is 0. The van der Waals surface area contributed by atoms with Gasteiger partial charge in [-0.25, -0.2) is 0 Å². The monoisotopic (exact) mass is 139 g/mol. The van der Waals surface area contributed by atoms with Crippen molar-refractivity contribution < 1.29 is 0 Å². The molecule has 9 heavy (non-hydrogen) atoms. The highest BCUT2D eigenvalue weighted by molar-refractivity contribution is 7.71. The van der Waals surface area contributed by atoms with E-state index in [4.69, 9.17) is 12.2 Å². The molecule has 0 aromatic carbocycles. The van der Waals surface area contributed by atoms with Gasteiger partial charge in [-0.15, -0.1) is 0 Å². The van der Waals surface area contributed by atoms with E-state index in [0.29, 0.717) is 0 Å². The van der Waals surface area contributed by atoms with Gasteiger partial charge in [-0.2, -0.15) is 0 Å². The van der Waals surface area contributed by atoms with Crippen LogP contribution in [0.3, 0.4) is 0 Å². The second-order valence-electron chi connectivity index (χ2n) is 1.86. The molecular weight excluding hydrogens is 130 g/mol. The van der Waals surface area contributed by atoms with Crippen LogP contribution in [0, 0.1) is 4.51 Å². The maximum Gasteiger partial charge on any atom is 0.0406 e. The van der Waals surface area contributed by atoms with Crippen molar-refractivity contribution in [3.8, 4) is 0 Å². The predicted molar refractivity (Wildman–Crippen MR) is 40.9 cm³/mol. The van der Waals surface area contributed by atoms with Crippen molar-refractivity contribution in [2.45, 2.75) is 13.5 Å². The van der Waals surface area contributed by atoms with Gasteiger partial charge in [0.2, 0.25) is 0 Å². The molecule has 1 aromatic heterocycles. The van der Waals surface area contributed by atoms with Crippen LogP contribution in [0.1, 0.15) is 6.92 Å². The van der Waals surface area contributed by atoms with Gasteiger partial charge >= 0.3 is 0 Å². The summed E-state index contributed by atoms with van der Waals surface area (Å²) >= 11 is 4.91. The lowest BCUT2D eigenvalue weighted by molar-refractivity contribution is 0.755. The lowest BCUT2D eigenvalue weighted by atomic mass is 10.5. The molecule has 0 N–H and O–H groups in total. The normalized spacial score (nSPS) is 9.44. The number of hydrogen-bond acceptors (Lipinski definition) is 1. The van der Waals surface area contributed by atoms with Gasteiger partial charge in [-0.1, -0.05) is 12.2 Å². The predicted octanol–water partition coefficient (Wildman–Crippen LogP) is 2.24. The summed E-state index contributed by atoms with van der Waals surface area (Å²) in [6.07, 6.45) is 3.98. The largest absolute Gasteiger partial charge is 0.354 e. The minimum absolute atomic E-state index is 0.903. The van der Waals surface area contributed by atoms with Crippen LogP contribution in [0.2, 0.25) is 0 Å². The molecule has 48 valence electrons. The summed E-state index contributed by atoms with van der Waals surface area (Å²) in [5.74, 6) is 0. The Morgan fingerprint density at radius 3 is 2.44 bits per heavy atom. The van der Waals surface area contributed by atoms with Crippen molar-refractivity contribution >= 4 is 12.2 Å². The number of nitrogens with zero attached hydrogens (tertiary/aromatic N) is 1. The molecule has 1 nitrogen and oxygen atoms in total. The summed E-state index contributed by atoms with van der Waals surface area (Å²) in [5.41, 5.74) is 0. The Kier molecular flexibility index (Phi) is 2.01. The van der Waals surface area contributed by atoms with Gasteiger partial charge in [0.25, 0.3) is 0 Å². The Morgan fingerprint density at radius 1 is 1.44 bits per heavy atom. The first-order valence-electron chi connectivity index (χ1n) is 2.99. The molecule has 1 aromatic rings. The van der Waals surface area contributed by atoms with Crippen LogP contribution in [0.4, 0.5) is 0 Å². The van der Waals surface area contributed by atoms with Crippen LogP contribution in [-0.4, -0.2) is 4.57 Å². The van der Waals surface area contributed by atoms with E-state index in [0.717, 1.165) is 11.1 Å². The van der Waals surface area contributed by atoms with Crippen molar-refractivity contribution in [3.05, 3.63) is 29.0 Å². The third-order valence-electron chi connectivity index (χ3n) is 1.23. The highest BCUT2D eigenvalue weighted by Crippen LogP contribution is 1.90. The van der Waals surface area contributed by atoms with Crippen molar-refractivity contribution in [3.63, 3.8) is 0 Å². The number of rotatable bonds is 1. The molecular formula is C7H9NS. The fourth-order valence-corrected chi connectivity index (χ4v) is 0.776. The molecule has 0 aliphatic carbocycles. The molecule has 0 saturated carbocycles. The van der Waals surface area contributed by atoms with Crippen LogP contribution in [0.25, 0.3) is 0 Å². The van der Waals surface area contributed by atoms with Gasteiger partial charge in [0.05, 0.1) is 0 Å². The Hall–Kier alpha value is -0.630. The average Bonchev–Trinajstić information content (AvgIpc) is 1.90. The van der Waals surface area contributed by atoms with E-state index < -0.39 is 0 Å². The minimum atomic E-state index is 0.903. The van der Waals surface area contributed by atoms with Crippen LogP contribution in [0.15, 0.2) is 24.5 Å². The summed E-state index contributed by atoms with van der Waals surface area (Å²) in [6.45, 7) is 3.11. The second kappa shape index (κ2) is 2.78. The van der Waals surface area contributed by atoms with E-state index >= 15 is 0 Å². The Morgan fingerprint density at radius 2 is 2.00 bits per heavy atom. The lowest BCUT2D eigenvalue weighted by Gasteiger charge is -1.97. The zero-order valence-electron chi connectivity index (χ0n) is 5.37. The highest BCUT2D eigenvalue weighted by Gasteiger charge is 1.78. The van der Waals surface area contributed by atoms with Gasteiger partial charge in [-0.3, -0.25) is 0 Å². The molecule has 0 atom stereocenters. The van der Waals surface area contributed by atoms with E-state index in [1.807, 2.05) is 24.5 Å². The van der Waals surface area contributed by atoms with E-state index in [9.17, 15) is 0 Å². The SMILES string of the molecule is CCn1ccc(=S)cc1. The fourth-order valence-electron chi connectivity index (χ4n) is 0.654. The lowest BCUT2D eigenvalue weighted by Crippen LogP contribution is -1.91. The van der Waals surface area contributed by atoms with Gasteiger partial charge in [-0.05, 0) is 19.1 Å². The maximum absolute atomic E-state index is 4.91. The second-order valence-corrected chi connectivity index (χ2v) is 2.34. The standard InChI is InChI=1S/C7H9NS/c1-2-8-5-3-7(9)4-6-8/h3-6H,2H2,1H3. The van der Waals surface area contributed by atoms with Crippen LogP contribution >= 0.6 is 12.2 Å². The zero-order valence-corrected chi connectivity index (χ0v) is 6.19. The number of aryl methyl sites for hydroxylation is 1. The van der Waals surface area contributed by atoms with E-state index in [1.165, 1.54) is 0 Å². The molecule has 0 radical (unpaired) electrons. The van der Waals surface area contributed by atoms with Crippen molar-refractivity contribution in [1.29, 1.82) is 0 Å². The molecule has 1 rings (SSSR count). The van der Waals surface area contributed by atoms with Gasteiger partial charge in [0.15, 0.2) is 0 Å². The number of pyridine rings is 1. The summed E-state index contributed by atoms with van der Waals surface area (Å²) in [7, 11) is 0. The molecule has 0 bridgehead atoms. The smallest absolute Gasteiger partial charge is 0.0406 e. The van der Waals surface area contributed by atoms with Gasteiger partial charge < -0.3 is 4.57 Å². The Labute approximate surface area is 59.9 Å². The minimum Gasteiger partial charge on any atom is -0.354 e. The van der Waals surface area contributed by atoms with Crippen molar-refractivity contribution in [2.75, 3.05) is 0 Å². The van der Waals surface area contributed by atoms with Crippen LogP contribution in [-0.2, 0) is 6.54 Å². The molecule has 0 spiro atoms. The third-order valence-corrected chi connectivity index (χ3v) is 1.50. The molecule has 0 unspecified atom stereocenters. The quantitative estimate of drug-likeness (QED) is 0.540. The Balaban J connectivity index is 3.02. The summed E-state index contributed by atoms with van der Waals surface area (Å²) < 4.78 is 2.98. The Bertz CT molecular complexity index is 218. The molecule has 2 heteroatoms. The molecule has 0 fully saturated rings. The topological polar surface area (TPSA) is 4.93 Å².